The first-order chi connectivity index (χ1) is 4.72. The molecule has 0 aliphatic rings. The van der Waals surface area contributed by atoms with Gasteiger partial charge in [-0.3, -0.25) is 0 Å². The third-order valence-corrected chi connectivity index (χ3v) is 2.63. The molecule has 50 valence electrons. The second kappa shape index (κ2) is 3.05. The van der Waals surface area contributed by atoms with E-state index < -0.39 is 5.97 Å². The van der Waals surface area contributed by atoms with Crippen LogP contribution in [0.4, 0.5) is 0 Å². The van der Waals surface area contributed by atoms with Crippen LogP contribution in [-0.2, 0) is 0 Å². The van der Waals surface area contributed by atoms with Crippen molar-refractivity contribution >= 4 is 32.1 Å². The van der Waals surface area contributed by atoms with E-state index in [4.69, 9.17) is 5.11 Å². The number of rotatable bonds is 1. The van der Waals surface area contributed by atoms with Crippen molar-refractivity contribution in [2.75, 3.05) is 0 Å². The van der Waals surface area contributed by atoms with E-state index >= 15 is 0 Å². The van der Waals surface area contributed by atoms with Crippen molar-refractivity contribution < 1.29 is 9.90 Å². The van der Waals surface area contributed by atoms with E-state index in [9.17, 15) is 4.79 Å². The average Bonchev–Trinajstić information content (AvgIpc) is 1.88. The number of carboxylic acids is 1. The summed E-state index contributed by atoms with van der Waals surface area (Å²) in [5, 5.41) is 8.59. The molecule has 0 aliphatic carbocycles. The number of carboxylic acid groups (broad SMARTS) is 1. The van der Waals surface area contributed by atoms with E-state index in [0.717, 1.165) is 26.1 Å². The molecule has 0 atom stereocenters. The Balaban J connectivity index is 3.15. The molecule has 1 N–H and O–H groups in total. The van der Waals surface area contributed by atoms with Crippen molar-refractivity contribution in [2.45, 2.75) is 0 Å². The molecule has 0 saturated carbocycles. The fourth-order valence-corrected chi connectivity index (χ4v) is 1.64. The molecule has 0 saturated heterocycles. The minimum absolute atomic E-state index is 0.435. The number of aromatic carboxylic acids is 1. The summed E-state index contributed by atoms with van der Waals surface area (Å²) in [6.07, 6.45) is 0. The first-order valence-electron chi connectivity index (χ1n) is 2.79. The molecule has 10 heavy (non-hydrogen) atoms. The fourth-order valence-electron chi connectivity index (χ4n) is 0.692. The zero-order valence-electron chi connectivity index (χ0n) is 5.24. The van der Waals surface area contributed by atoms with Crippen LogP contribution in [0.1, 0.15) is 10.4 Å². The van der Waals surface area contributed by atoms with E-state index in [2.05, 4.69) is 0 Å². The Morgan fingerprint density at radius 2 is 2.00 bits per heavy atom. The molecular formula is C7H6O2Sn. The van der Waals surface area contributed by atoms with Crippen LogP contribution in [0.15, 0.2) is 24.3 Å². The molecule has 2 radical (unpaired) electrons. The summed E-state index contributed by atoms with van der Waals surface area (Å²) in [5.41, 5.74) is 0.435. The van der Waals surface area contributed by atoms with Crippen LogP contribution in [0.5, 0.6) is 0 Å². The zero-order chi connectivity index (χ0) is 7.56. The molecule has 1 aromatic carbocycles. The van der Waals surface area contributed by atoms with Gasteiger partial charge >= 0.3 is 71.8 Å². The van der Waals surface area contributed by atoms with Crippen LogP contribution in [0.2, 0.25) is 0 Å². The summed E-state index contributed by atoms with van der Waals surface area (Å²) in [7, 11) is 0. The van der Waals surface area contributed by atoms with Gasteiger partial charge in [0.25, 0.3) is 0 Å². The van der Waals surface area contributed by atoms with Crippen LogP contribution >= 0.6 is 0 Å². The Morgan fingerprint density at radius 1 is 1.40 bits per heavy atom. The average molecular weight is 241 g/mol. The molecule has 0 heterocycles. The van der Waals surface area contributed by atoms with Gasteiger partial charge in [0, 0.05) is 0 Å². The van der Waals surface area contributed by atoms with E-state index in [1.807, 2.05) is 12.1 Å². The van der Waals surface area contributed by atoms with Gasteiger partial charge in [-0.05, 0) is 0 Å². The summed E-state index contributed by atoms with van der Waals surface area (Å²) < 4.78 is 0.931. The molecule has 0 fully saturated rings. The van der Waals surface area contributed by atoms with Crippen molar-refractivity contribution in [3.63, 3.8) is 0 Å². The maximum atomic E-state index is 10.4. The molecule has 0 aromatic heterocycles. The Hall–Kier alpha value is -0.511. The third-order valence-electron chi connectivity index (χ3n) is 1.19. The molecule has 1 rings (SSSR count). The Bertz CT molecular complexity index is 258. The van der Waals surface area contributed by atoms with E-state index in [-0.39, 0.29) is 0 Å². The van der Waals surface area contributed by atoms with Gasteiger partial charge in [-0.15, -0.1) is 0 Å². The van der Waals surface area contributed by atoms with Gasteiger partial charge in [0.2, 0.25) is 0 Å². The van der Waals surface area contributed by atoms with Gasteiger partial charge in [0.05, 0.1) is 0 Å². The van der Waals surface area contributed by atoms with Crippen molar-refractivity contribution in [1.82, 2.24) is 0 Å². The van der Waals surface area contributed by atoms with Crippen LogP contribution in [0.25, 0.3) is 0 Å². The second-order valence-electron chi connectivity index (χ2n) is 1.89. The number of hydrogen-bond acceptors (Lipinski definition) is 1. The zero-order valence-corrected chi connectivity index (χ0v) is 8.54. The van der Waals surface area contributed by atoms with Crippen molar-refractivity contribution in [1.29, 1.82) is 0 Å². The number of benzene rings is 1. The predicted molar refractivity (Wildman–Crippen MR) is 40.2 cm³/mol. The molecule has 3 heteroatoms. The van der Waals surface area contributed by atoms with E-state index in [1.54, 1.807) is 12.1 Å². The number of carbonyl (C=O) groups is 1. The summed E-state index contributed by atoms with van der Waals surface area (Å²) >= 11 is 0.856. The second-order valence-corrected chi connectivity index (χ2v) is 3.67. The monoisotopic (exact) mass is 242 g/mol. The van der Waals surface area contributed by atoms with Crippen molar-refractivity contribution in [2.24, 2.45) is 0 Å². The van der Waals surface area contributed by atoms with Gasteiger partial charge < -0.3 is 0 Å². The fraction of sp³-hybridized carbons (Fsp3) is 0. The molecule has 0 amide bonds. The SMILES string of the molecule is O=C(O)c1cccc[c]1[SnH]. The first kappa shape index (κ1) is 7.59. The molecule has 0 unspecified atom stereocenters. The predicted octanol–water partition coefficient (Wildman–Crippen LogP) is -0.0891. The van der Waals surface area contributed by atoms with Crippen molar-refractivity contribution in [3.05, 3.63) is 29.8 Å². The molecule has 2 nitrogen and oxygen atoms in total. The molecule has 0 aliphatic heterocycles. The summed E-state index contributed by atoms with van der Waals surface area (Å²) in [4.78, 5) is 10.4. The number of hydrogen-bond donors (Lipinski definition) is 1. The Kier molecular flexibility index (Phi) is 2.32. The first-order valence-corrected chi connectivity index (χ1v) is 4.44. The normalized spacial score (nSPS) is 9.30. The van der Waals surface area contributed by atoms with E-state index in [0.29, 0.717) is 5.56 Å². The Labute approximate surface area is 72.0 Å². The molecule has 0 spiro atoms. The van der Waals surface area contributed by atoms with Gasteiger partial charge in [-0.1, -0.05) is 0 Å². The molecule has 1 aromatic rings. The van der Waals surface area contributed by atoms with Gasteiger partial charge in [-0.2, -0.15) is 0 Å². The molecule has 0 bridgehead atoms. The summed E-state index contributed by atoms with van der Waals surface area (Å²) in [6, 6.07) is 7.06. The van der Waals surface area contributed by atoms with Crippen LogP contribution in [0, 0.1) is 0 Å². The summed E-state index contributed by atoms with van der Waals surface area (Å²) in [5.74, 6) is -0.830. The van der Waals surface area contributed by atoms with Gasteiger partial charge in [-0.25, -0.2) is 0 Å². The van der Waals surface area contributed by atoms with Crippen LogP contribution in [-0.4, -0.2) is 33.6 Å². The quantitative estimate of drug-likeness (QED) is 0.697. The maximum absolute atomic E-state index is 10.4. The van der Waals surface area contributed by atoms with Crippen molar-refractivity contribution in [3.8, 4) is 0 Å². The summed E-state index contributed by atoms with van der Waals surface area (Å²) in [6.45, 7) is 0. The molecular weight excluding hydrogens is 235 g/mol. The minimum atomic E-state index is -0.830. The Morgan fingerprint density at radius 3 is 2.40 bits per heavy atom. The van der Waals surface area contributed by atoms with Crippen LogP contribution < -0.4 is 3.58 Å². The third kappa shape index (κ3) is 1.50. The van der Waals surface area contributed by atoms with Gasteiger partial charge in [0.1, 0.15) is 0 Å². The van der Waals surface area contributed by atoms with Crippen LogP contribution in [0.3, 0.4) is 0 Å². The standard InChI is InChI=1S/C7H5O2.Sn.H/c8-7(9)6-4-2-1-3-5-6;;/h1-4H,(H,8,9);;. The van der Waals surface area contributed by atoms with E-state index in [1.165, 1.54) is 0 Å². The topological polar surface area (TPSA) is 37.3 Å². The van der Waals surface area contributed by atoms with Gasteiger partial charge in [0.15, 0.2) is 0 Å².